The minimum Gasteiger partial charge on any atom is -0.326 e. The Morgan fingerprint density at radius 3 is 2.76 bits per heavy atom. The molecule has 1 N–H and O–H groups in total. The number of rotatable bonds is 5. The second-order valence-corrected chi connectivity index (χ2v) is 8.35. The molecule has 3 heterocycles. The number of fused-ring (bicyclic) bond motifs is 3. The van der Waals surface area contributed by atoms with E-state index < -0.39 is 0 Å². The highest BCUT2D eigenvalue weighted by molar-refractivity contribution is 7.99. The summed E-state index contributed by atoms with van der Waals surface area (Å²) in [5.41, 5.74) is 3.06. The van der Waals surface area contributed by atoms with Gasteiger partial charge < -0.3 is 5.32 Å². The van der Waals surface area contributed by atoms with Crippen molar-refractivity contribution < 1.29 is 4.79 Å². The third-order valence-electron chi connectivity index (χ3n) is 4.26. The van der Waals surface area contributed by atoms with Crippen molar-refractivity contribution in [1.29, 1.82) is 0 Å². The fourth-order valence-corrected chi connectivity index (χ4v) is 4.50. The predicted molar refractivity (Wildman–Crippen MR) is 113 cm³/mol. The van der Waals surface area contributed by atoms with Gasteiger partial charge in [0.15, 0.2) is 0 Å². The first kappa shape index (κ1) is 17.8. The third-order valence-corrected chi connectivity index (χ3v) is 6.11. The van der Waals surface area contributed by atoms with Gasteiger partial charge in [-0.1, -0.05) is 30.0 Å². The number of anilines is 1. The first-order chi connectivity index (χ1) is 14.3. The summed E-state index contributed by atoms with van der Waals surface area (Å²) < 4.78 is 1.70. The molecule has 0 atom stereocenters. The van der Waals surface area contributed by atoms with Crippen LogP contribution in [0.25, 0.3) is 16.7 Å². The highest BCUT2D eigenvalue weighted by Gasteiger charge is 2.13. The highest BCUT2D eigenvalue weighted by atomic mass is 32.2. The van der Waals surface area contributed by atoms with Crippen LogP contribution in [-0.2, 0) is 11.2 Å². The van der Waals surface area contributed by atoms with Gasteiger partial charge in [-0.15, -0.1) is 16.4 Å². The predicted octanol–water partition coefficient (Wildman–Crippen LogP) is 4.07. The number of amides is 1. The van der Waals surface area contributed by atoms with E-state index in [1.165, 1.54) is 11.8 Å². The number of thiophene rings is 1. The van der Waals surface area contributed by atoms with Gasteiger partial charge in [0.05, 0.1) is 17.5 Å². The van der Waals surface area contributed by atoms with Crippen LogP contribution in [-0.4, -0.2) is 30.9 Å². The number of hydrogen-bond acceptors (Lipinski definition) is 7. The van der Waals surface area contributed by atoms with Crippen molar-refractivity contribution in [1.82, 2.24) is 25.0 Å². The number of nitrogens with zero attached hydrogens (tertiary/aromatic N) is 5. The van der Waals surface area contributed by atoms with Gasteiger partial charge in [-0.25, -0.2) is 4.98 Å². The molecule has 0 radical (unpaired) electrons. The van der Waals surface area contributed by atoms with Crippen LogP contribution in [0.4, 0.5) is 5.69 Å². The Kier molecular flexibility index (Phi) is 4.66. The van der Waals surface area contributed by atoms with E-state index in [9.17, 15) is 4.79 Å². The van der Waals surface area contributed by atoms with E-state index in [0.717, 1.165) is 31.5 Å². The number of hydrogen-bond donors (Lipinski definition) is 1. The second kappa shape index (κ2) is 7.61. The standard InChI is InChI=1S/C20H14N6OS2/c27-18(12-15-4-3-11-28-15)21-13-7-9-14(10-8-13)29-20-19-23-24-25-26(19)17-6-2-1-5-16(17)22-20/h1-11H,12H2,(H,21,27). The molecule has 29 heavy (non-hydrogen) atoms. The molecule has 5 aromatic rings. The van der Waals surface area contributed by atoms with Crippen molar-refractivity contribution in [3.63, 3.8) is 0 Å². The van der Waals surface area contributed by atoms with E-state index in [0.29, 0.717) is 12.1 Å². The van der Waals surface area contributed by atoms with Gasteiger partial charge in [0, 0.05) is 15.5 Å². The van der Waals surface area contributed by atoms with Crippen LogP contribution in [0.1, 0.15) is 4.88 Å². The zero-order valence-corrected chi connectivity index (χ0v) is 16.7. The molecule has 0 unspecified atom stereocenters. The molecule has 3 aromatic heterocycles. The van der Waals surface area contributed by atoms with Crippen LogP contribution < -0.4 is 5.32 Å². The quantitative estimate of drug-likeness (QED) is 0.463. The van der Waals surface area contributed by atoms with E-state index in [1.807, 2.05) is 66.0 Å². The van der Waals surface area contributed by atoms with E-state index in [2.05, 4.69) is 20.8 Å². The Bertz CT molecular complexity index is 1300. The minimum absolute atomic E-state index is 0.0275. The summed E-state index contributed by atoms with van der Waals surface area (Å²) in [7, 11) is 0. The number of tetrazole rings is 1. The molecule has 142 valence electrons. The van der Waals surface area contributed by atoms with Crippen LogP contribution in [0.2, 0.25) is 0 Å². The van der Waals surface area contributed by atoms with Crippen LogP contribution in [0.3, 0.4) is 0 Å². The summed E-state index contributed by atoms with van der Waals surface area (Å²) in [6, 6.07) is 19.3. The lowest BCUT2D eigenvalue weighted by atomic mass is 10.3. The minimum atomic E-state index is -0.0275. The Balaban J connectivity index is 1.35. The third kappa shape index (κ3) is 3.69. The number of para-hydroxylation sites is 2. The number of carbonyl (C=O) groups excluding carboxylic acids is 1. The average molecular weight is 419 g/mol. The fraction of sp³-hybridized carbons (Fsp3) is 0.0500. The zero-order chi connectivity index (χ0) is 19.6. The molecule has 0 bridgehead atoms. The molecule has 0 aliphatic carbocycles. The maximum atomic E-state index is 12.2. The Labute approximate surface area is 173 Å². The maximum Gasteiger partial charge on any atom is 0.229 e. The topological polar surface area (TPSA) is 85.1 Å². The maximum absolute atomic E-state index is 12.2. The first-order valence-corrected chi connectivity index (χ1v) is 10.5. The van der Waals surface area contributed by atoms with Crippen molar-refractivity contribution in [2.75, 3.05) is 5.32 Å². The van der Waals surface area contributed by atoms with Crippen molar-refractivity contribution in [2.24, 2.45) is 0 Å². The molecule has 7 nitrogen and oxygen atoms in total. The summed E-state index contributed by atoms with van der Waals surface area (Å²) in [6.45, 7) is 0. The van der Waals surface area contributed by atoms with Crippen molar-refractivity contribution in [2.45, 2.75) is 16.3 Å². The lowest BCUT2D eigenvalue weighted by Gasteiger charge is -2.07. The van der Waals surface area contributed by atoms with E-state index in [-0.39, 0.29) is 5.91 Å². The van der Waals surface area contributed by atoms with Crippen LogP contribution >= 0.6 is 23.1 Å². The highest BCUT2D eigenvalue weighted by Crippen LogP contribution is 2.31. The van der Waals surface area contributed by atoms with E-state index in [4.69, 9.17) is 4.98 Å². The Morgan fingerprint density at radius 1 is 1.07 bits per heavy atom. The molecule has 0 aliphatic rings. The molecule has 2 aromatic carbocycles. The Hall–Kier alpha value is -3.30. The number of nitrogens with one attached hydrogen (secondary N) is 1. The van der Waals surface area contributed by atoms with Crippen LogP contribution in [0.5, 0.6) is 0 Å². The van der Waals surface area contributed by atoms with Gasteiger partial charge in [-0.2, -0.15) is 4.52 Å². The van der Waals surface area contributed by atoms with Crippen LogP contribution in [0, 0.1) is 0 Å². The summed E-state index contributed by atoms with van der Waals surface area (Å²) in [5, 5.41) is 17.6. The van der Waals surface area contributed by atoms with E-state index in [1.54, 1.807) is 15.9 Å². The number of carbonyl (C=O) groups is 1. The average Bonchev–Trinajstić information content (AvgIpc) is 3.42. The number of benzene rings is 2. The molecule has 9 heteroatoms. The van der Waals surface area contributed by atoms with Crippen molar-refractivity contribution in [3.05, 3.63) is 70.9 Å². The summed E-state index contributed by atoms with van der Waals surface area (Å²) in [5.74, 6) is -0.0275. The zero-order valence-electron chi connectivity index (χ0n) is 15.0. The van der Waals surface area contributed by atoms with Gasteiger partial charge >= 0.3 is 0 Å². The normalized spacial score (nSPS) is 11.2. The summed E-state index contributed by atoms with van der Waals surface area (Å²) in [6.07, 6.45) is 0.382. The molecule has 0 spiro atoms. The lowest BCUT2D eigenvalue weighted by Crippen LogP contribution is -2.13. The van der Waals surface area contributed by atoms with Crippen molar-refractivity contribution in [3.8, 4) is 0 Å². The summed E-state index contributed by atoms with van der Waals surface area (Å²) >= 11 is 3.06. The first-order valence-electron chi connectivity index (χ1n) is 8.83. The van der Waals surface area contributed by atoms with Gasteiger partial charge in [0.25, 0.3) is 0 Å². The van der Waals surface area contributed by atoms with E-state index >= 15 is 0 Å². The largest absolute Gasteiger partial charge is 0.326 e. The van der Waals surface area contributed by atoms with Gasteiger partial charge in [-0.3, -0.25) is 4.79 Å². The molecular weight excluding hydrogens is 404 g/mol. The number of aromatic nitrogens is 5. The van der Waals surface area contributed by atoms with Gasteiger partial charge in [0.2, 0.25) is 11.6 Å². The SMILES string of the molecule is O=C(Cc1cccs1)Nc1ccc(Sc2nc3ccccc3n3nnnc23)cc1. The monoisotopic (exact) mass is 418 g/mol. The smallest absolute Gasteiger partial charge is 0.229 e. The molecule has 1 amide bonds. The van der Waals surface area contributed by atoms with Gasteiger partial charge in [-0.05, 0) is 58.3 Å². The van der Waals surface area contributed by atoms with Crippen molar-refractivity contribution >= 4 is 51.4 Å². The van der Waals surface area contributed by atoms with Crippen LogP contribution in [0.15, 0.2) is 76.0 Å². The molecule has 0 aliphatic heterocycles. The molecule has 0 saturated carbocycles. The fourth-order valence-electron chi connectivity index (χ4n) is 2.94. The van der Waals surface area contributed by atoms with Gasteiger partial charge in [0.1, 0.15) is 5.03 Å². The molecule has 5 rings (SSSR count). The summed E-state index contributed by atoms with van der Waals surface area (Å²) in [4.78, 5) is 18.9. The molecule has 0 saturated heterocycles. The lowest BCUT2D eigenvalue weighted by molar-refractivity contribution is -0.115. The molecule has 0 fully saturated rings. The second-order valence-electron chi connectivity index (χ2n) is 6.25. The molecular formula is C20H14N6OS2. The Morgan fingerprint density at radius 2 is 1.93 bits per heavy atom.